The molecule has 0 amide bonds. The summed E-state index contributed by atoms with van der Waals surface area (Å²) in [5, 5.41) is 8.76. The highest BCUT2D eigenvalue weighted by atomic mass is 79.9. The molecular weight excluding hydrogens is 336 g/mol. The number of halogens is 4. The largest absolute Gasteiger partial charge is 0.217 e. The van der Waals surface area contributed by atoms with E-state index in [2.05, 4.69) is 26.2 Å². The van der Waals surface area contributed by atoms with Gasteiger partial charge in [0.1, 0.15) is 5.69 Å². The minimum absolute atomic E-state index is 0.297. The Morgan fingerprint density at radius 2 is 1.88 bits per heavy atom. The second kappa shape index (κ2) is 4.92. The summed E-state index contributed by atoms with van der Waals surface area (Å²) in [4.78, 5) is 0. The lowest BCUT2D eigenvalue weighted by Gasteiger charge is -2.06. The van der Waals surface area contributed by atoms with Gasteiger partial charge >= 0.3 is 0 Å². The van der Waals surface area contributed by atoms with Crippen LogP contribution in [-0.4, -0.2) is 15.0 Å². The molecule has 0 fully saturated rings. The summed E-state index contributed by atoms with van der Waals surface area (Å²) < 4.78 is 2.32. The number of nitrogens with zero attached hydrogens (tertiary/aromatic N) is 3. The van der Waals surface area contributed by atoms with Crippen molar-refractivity contribution in [2.24, 2.45) is 0 Å². The average Bonchev–Trinajstić information content (AvgIpc) is 2.64. The van der Waals surface area contributed by atoms with E-state index in [1.165, 1.54) is 4.68 Å². The third-order valence-corrected chi connectivity index (χ3v) is 3.20. The van der Waals surface area contributed by atoms with Gasteiger partial charge in [0.05, 0.1) is 27.8 Å². The molecule has 2 aromatic rings. The summed E-state index contributed by atoms with van der Waals surface area (Å²) in [6.07, 6.45) is 1.69. The van der Waals surface area contributed by atoms with Gasteiger partial charge in [-0.1, -0.05) is 44.3 Å². The Kier molecular flexibility index (Phi) is 3.74. The molecule has 0 saturated heterocycles. The fourth-order valence-corrected chi connectivity index (χ4v) is 2.73. The first-order chi connectivity index (χ1) is 7.61. The summed E-state index contributed by atoms with van der Waals surface area (Å²) >= 11 is 21.1. The van der Waals surface area contributed by atoms with E-state index in [1.807, 2.05) is 0 Å². The number of hydrogen-bond donors (Lipinski definition) is 0. The molecular formula is C9H5BrCl3N3. The summed E-state index contributed by atoms with van der Waals surface area (Å²) in [5.74, 6) is 0.297. The first-order valence-electron chi connectivity index (χ1n) is 4.24. The summed E-state index contributed by atoms with van der Waals surface area (Å²) in [7, 11) is 0. The molecule has 1 aromatic heterocycles. The molecule has 0 N–H and O–H groups in total. The lowest BCUT2D eigenvalue weighted by Crippen LogP contribution is -1.97. The molecule has 0 radical (unpaired) electrons. The molecule has 0 bridgehead atoms. The van der Waals surface area contributed by atoms with Crippen molar-refractivity contribution in [3.8, 4) is 5.69 Å². The second-order valence-electron chi connectivity index (χ2n) is 3.01. The van der Waals surface area contributed by atoms with Crippen LogP contribution in [0.3, 0.4) is 0 Å². The van der Waals surface area contributed by atoms with E-state index >= 15 is 0 Å². The van der Waals surface area contributed by atoms with Crippen LogP contribution >= 0.6 is 50.7 Å². The highest BCUT2D eigenvalue weighted by Crippen LogP contribution is 2.31. The molecule has 3 nitrogen and oxygen atoms in total. The fourth-order valence-electron chi connectivity index (χ4n) is 1.22. The molecule has 1 aromatic carbocycles. The Morgan fingerprint density at radius 3 is 2.38 bits per heavy atom. The third kappa shape index (κ3) is 2.35. The molecule has 1 heterocycles. The van der Waals surface area contributed by atoms with Gasteiger partial charge in [0.25, 0.3) is 0 Å². The zero-order valence-corrected chi connectivity index (χ0v) is 11.6. The molecule has 0 unspecified atom stereocenters. The van der Waals surface area contributed by atoms with Crippen LogP contribution in [-0.2, 0) is 5.88 Å². The van der Waals surface area contributed by atoms with Gasteiger partial charge in [0, 0.05) is 4.47 Å². The Morgan fingerprint density at radius 1 is 1.25 bits per heavy atom. The topological polar surface area (TPSA) is 30.7 Å². The maximum absolute atomic E-state index is 6.09. The Hall–Kier alpha value is -0.290. The Labute approximate surface area is 115 Å². The number of alkyl halides is 1. The smallest absolute Gasteiger partial charge is 0.104 e. The van der Waals surface area contributed by atoms with Crippen molar-refractivity contribution in [3.63, 3.8) is 0 Å². The molecule has 0 saturated carbocycles. The van der Waals surface area contributed by atoms with E-state index in [-0.39, 0.29) is 0 Å². The number of rotatable bonds is 2. The van der Waals surface area contributed by atoms with Gasteiger partial charge in [-0.2, -0.15) is 0 Å². The van der Waals surface area contributed by atoms with Crippen molar-refractivity contribution >= 4 is 50.7 Å². The average molecular weight is 341 g/mol. The molecule has 84 valence electrons. The molecule has 0 aliphatic rings. The van der Waals surface area contributed by atoms with E-state index in [0.29, 0.717) is 27.3 Å². The van der Waals surface area contributed by atoms with E-state index in [9.17, 15) is 0 Å². The van der Waals surface area contributed by atoms with Gasteiger partial charge in [-0.3, -0.25) is 0 Å². The van der Waals surface area contributed by atoms with Crippen molar-refractivity contribution in [1.29, 1.82) is 0 Å². The quantitative estimate of drug-likeness (QED) is 0.771. The van der Waals surface area contributed by atoms with Gasteiger partial charge < -0.3 is 0 Å². The standard InChI is InChI=1S/C9H5BrCl3N3/c10-5-1-7(12)9(8(13)2-5)16-4-6(3-11)14-15-16/h1-2,4H,3H2. The van der Waals surface area contributed by atoms with Crippen LogP contribution in [0.15, 0.2) is 22.8 Å². The third-order valence-electron chi connectivity index (χ3n) is 1.89. The van der Waals surface area contributed by atoms with Crippen LogP contribution in [0, 0.1) is 0 Å². The molecule has 2 rings (SSSR count). The van der Waals surface area contributed by atoms with E-state index < -0.39 is 0 Å². The molecule has 0 aliphatic heterocycles. The van der Waals surface area contributed by atoms with Gasteiger partial charge in [-0.25, -0.2) is 4.68 Å². The zero-order valence-electron chi connectivity index (χ0n) is 7.79. The van der Waals surface area contributed by atoms with Gasteiger partial charge in [-0.05, 0) is 12.1 Å². The van der Waals surface area contributed by atoms with E-state index in [1.54, 1.807) is 18.3 Å². The van der Waals surface area contributed by atoms with Gasteiger partial charge in [0.2, 0.25) is 0 Å². The fraction of sp³-hybridized carbons (Fsp3) is 0.111. The lowest BCUT2D eigenvalue weighted by molar-refractivity contribution is 0.800. The number of benzene rings is 1. The van der Waals surface area contributed by atoms with Crippen molar-refractivity contribution < 1.29 is 0 Å². The van der Waals surface area contributed by atoms with Gasteiger partial charge in [0.15, 0.2) is 0 Å². The summed E-state index contributed by atoms with van der Waals surface area (Å²) in [6.45, 7) is 0. The summed E-state index contributed by atoms with van der Waals surface area (Å²) in [5.41, 5.74) is 1.26. The highest BCUT2D eigenvalue weighted by molar-refractivity contribution is 9.10. The second-order valence-corrected chi connectivity index (χ2v) is 5.00. The number of hydrogen-bond acceptors (Lipinski definition) is 2. The minimum atomic E-state index is 0.297. The Balaban J connectivity index is 2.55. The predicted octanol–water partition coefficient (Wildman–Crippen LogP) is 4.08. The molecule has 0 spiro atoms. The van der Waals surface area contributed by atoms with Crippen LogP contribution in [0.1, 0.15) is 5.69 Å². The monoisotopic (exact) mass is 339 g/mol. The molecule has 7 heteroatoms. The van der Waals surface area contributed by atoms with Crippen molar-refractivity contribution in [2.45, 2.75) is 5.88 Å². The zero-order chi connectivity index (χ0) is 11.7. The number of aromatic nitrogens is 3. The normalized spacial score (nSPS) is 10.8. The van der Waals surface area contributed by atoms with Gasteiger partial charge in [-0.15, -0.1) is 16.7 Å². The van der Waals surface area contributed by atoms with Crippen molar-refractivity contribution in [1.82, 2.24) is 15.0 Å². The SMILES string of the molecule is ClCc1cn(-c2c(Cl)cc(Br)cc2Cl)nn1. The van der Waals surface area contributed by atoms with Crippen molar-refractivity contribution in [2.75, 3.05) is 0 Å². The first kappa shape index (κ1) is 12.2. The van der Waals surface area contributed by atoms with Crippen molar-refractivity contribution in [3.05, 3.63) is 38.5 Å². The minimum Gasteiger partial charge on any atom is -0.217 e. The lowest BCUT2D eigenvalue weighted by atomic mass is 10.3. The van der Waals surface area contributed by atoms with E-state index in [0.717, 1.165) is 4.47 Å². The molecule has 16 heavy (non-hydrogen) atoms. The molecule has 0 aliphatic carbocycles. The van der Waals surface area contributed by atoms with Crippen LogP contribution in [0.2, 0.25) is 10.0 Å². The van der Waals surface area contributed by atoms with Crippen LogP contribution in [0.25, 0.3) is 5.69 Å². The predicted molar refractivity (Wildman–Crippen MR) is 68.6 cm³/mol. The Bertz CT molecular complexity index is 503. The first-order valence-corrected chi connectivity index (χ1v) is 6.32. The summed E-state index contributed by atoms with van der Waals surface area (Å²) in [6, 6.07) is 3.48. The highest BCUT2D eigenvalue weighted by Gasteiger charge is 2.11. The van der Waals surface area contributed by atoms with E-state index in [4.69, 9.17) is 34.8 Å². The molecule has 0 atom stereocenters. The van der Waals surface area contributed by atoms with Crippen LogP contribution in [0.5, 0.6) is 0 Å². The maximum Gasteiger partial charge on any atom is 0.104 e. The van der Waals surface area contributed by atoms with Crippen LogP contribution < -0.4 is 0 Å². The van der Waals surface area contributed by atoms with Crippen LogP contribution in [0.4, 0.5) is 0 Å². The maximum atomic E-state index is 6.09.